The second-order valence-electron chi connectivity index (χ2n) is 6.73. The minimum absolute atomic E-state index is 0.125. The van der Waals surface area contributed by atoms with Crippen molar-refractivity contribution < 1.29 is 19.0 Å². The molecule has 5 heteroatoms. The van der Waals surface area contributed by atoms with Crippen LogP contribution in [0.4, 0.5) is 4.79 Å². The highest BCUT2D eigenvalue weighted by molar-refractivity contribution is 5.69. The molecule has 0 aliphatic heterocycles. The lowest BCUT2D eigenvalue weighted by Crippen LogP contribution is -2.42. The van der Waals surface area contributed by atoms with Gasteiger partial charge in [0.25, 0.3) is 0 Å². The van der Waals surface area contributed by atoms with E-state index in [0.29, 0.717) is 6.54 Å². The van der Waals surface area contributed by atoms with Gasteiger partial charge in [-0.05, 0) is 38.8 Å². The van der Waals surface area contributed by atoms with Crippen LogP contribution in [0.15, 0.2) is 24.3 Å². The smallest absolute Gasteiger partial charge is 0.410 e. The third-order valence-corrected chi connectivity index (χ3v) is 3.85. The normalized spacial score (nSPS) is 20.2. The lowest BCUT2D eigenvalue weighted by Gasteiger charge is -2.34. The average Bonchev–Trinajstić information content (AvgIpc) is 2.83. The Labute approximate surface area is 138 Å². The summed E-state index contributed by atoms with van der Waals surface area (Å²) in [5, 5.41) is 0. The van der Waals surface area contributed by atoms with E-state index in [-0.39, 0.29) is 25.0 Å². The molecule has 1 aliphatic carbocycles. The monoisotopic (exact) mass is 321 g/mol. The summed E-state index contributed by atoms with van der Waals surface area (Å²) >= 11 is 0. The summed E-state index contributed by atoms with van der Waals surface area (Å²) in [7, 11) is 1.60. The van der Waals surface area contributed by atoms with Gasteiger partial charge in [0.2, 0.25) is 0 Å². The highest BCUT2D eigenvalue weighted by Crippen LogP contribution is 2.38. The van der Waals surface area contributed by atoms with Crippen molar-refractivity contribution in [1.29, 1.82) is 0 Å². The highest BCUT2D eigenvalue weighted by Gasteiger charge is 2.40. The molecular formula is C18H27NO4. The highest BCUT2D eigenvalue weighted by atomic mass is 16.7. The summed E-state index contributed by atoms with van der Waals surface area (Å²) in [4.78, 5) is 14.4. The lowest BCUT2D eigenvalue weighted by molar-refractivity contribution is -0.0952. The number of rotatable bonds is 5. The largest absolute Gasteiger partial charge is 0.444 e. The maximum absolute atomic E-state index is 12.6. The molecule has 0 unspecified atom stereocenters. The summed E-state index contributed by atoms with van der Waals surface area (Å²) in [6, 6.07) is 8.00. The van der Waals surface area contributed by atoms with Crippen molar-refractivity contribution in [2.24, 2.45) is 0 Å². The molecule has 5 nitrogen and oxygen atoms in total. The van der Waals surface area contributed by atoms with Crippen LogP contribution in [0.2, 0.25) is 0 Å². The van der Waals surface area contributed by atoms with Crippen molar-refractivity contribution in [3.05, 3.63) is 35.4 Å². The number of benzene rings is 1. The molecule has 23 heavy (non-hydrogen) atoms. The first kappa shape index (κ1) is 17.8. The van der Waals surface area contributed by atoms with Crippen LogP contribution in [0.25, 0.3) is 0 Å². The quantitative estimate of drug-likeness (QED) is 0.779. The predicted octanol–water partition coefficient (Wildman–Crippen LogP) is 3.53. The molecule has 0 saturated carbocycles. The standard InChI is InChI=1S/C18H27NO4/c1-6-19(17(20)23-18(2,3)4)16-14-10-8-7-9-13(14)11-15(16)22-12-21-5/h7-10,15-16H,6,11-12H2,1-5H3/t15-,16-/m1/s1. The van der Waals surface area contributed by atoms with E-state index in [1.807, 2.05) is 39.8 Å². The second-order valence-corrected chi connectivity index (χ2v) is 6.73. The van der Waals surface area contributed by atoms with Gasteiger partial charge in [-0.2, -0.15) is 0 Å². The molecule has 2 atom stereocenters. The fourth-order valence-corrected chi connectivity index (χ4v) is 2.97. The first-order valence-electron chi connectivity index (χ1n) is 8.05. The number of hydrogen-bond acceptors (Lipinski definition) is 4. The van der Waals surface area contributed by atoms with Crippen LogP contribution in [0.3, 0.4) is 0 Å². The molecule has 0 radical (unpaired) electrons. The van der Waals surface area contributed by atoms with E-state index in [2.05, 4.69) is 12.1 Å². The maximum Gasteiger partial charge on any atom is 0.410 e. The van der Waals surface area contributed by atoms with Gasteiger partial charge in [0, 0.05) is 20.1 Å². The average molecular weight is 321 g/mol. The van der Waals surface area contributed by atoms with E-state index < -0.39 is 5.60 Å². The molecule has 0 aromatic heterocycles. The molecule has 2 rings (SSSR count). The number of nitrogens with zero attached hydrogens (tertiary/aromatic N) is 1. The topological polar surface area (TPSA) is 48.0 Å². The first-order chi connectivity index (χ1) is 10.9. The van der Waals surface area contributed by atoms with E-state index in [1.54, 1.807) is 12.0 Å². The molecule has 1 aliphatic rings. The van der Waals surface area contributed by atoms with Gasteiger partial charge in [0.05, 0.1) is 12.1 Å². The van der Waals surface area contributed by atoms with Crippen molar-refractivity contribution in [1.82, 2.24) is 4.90 Å². The number of fused-ring (bicyclic) bond motifs is 1. The zero-order valence-corrected chi connectivity index (χ0v) is 14.7. The third-order valence-electron chi connectivity index (χ3n) is 3.85. The number of ether oxygens (including phenoxy) is 3. The van der Waals surface area contributed by atoms with Crippen LogP contribution < -0.4 is 0 Å². The number of hydrogen-bond donors (Lipinski definition) is 0. The van der Waals surface area contributed by atoms with E-state index in [9.17, 15) is 4.79 Å². The summed E-state index contributed by atoms with van der Waals surface area (Å²) in [6.07, 6.45) is 0.330. The molecule has 0 bridgehead atoms. The van der Waals surface area contributed by atoms with E-state index in [4.69, 9.17) is 14.2 Å². The number of methoxy groups -OCH3 is 1. The minimum atomic E-state index is -0.522. The summed E-state index contributed by atoms with van der Waals surface area (Å²) in [5.74, 6) is 0. The van der Waals surface area contributed by atoms with Gasteiger partial charge in [-0.1, -0.05) is 24.3 Å². The van der Waals surface area contributed by atoms with E-state index >= 15 is 0 Å². The number of carbonyl (C=O) groups excluding carboxylic acids is 1. The van der Waals surface area contributed by atoms with Crippen molar-refractivity contribution in [3.8, 4) is 0 Å². The molecule has 128 valence electrons. The van der Waals surface area contributed by atoms with Crippen LogP contribution in [-0.4, -0.2) is 43.1 Å². The zero-order valence-electron chi connectivity index (χ0n) is 14.7. The molecule has 0 fully saturated rings. The van der Waals surface area contributed by atoms with Gasteiger partial charge in [-0.3, -0.25) is 4.90 Å². The molecule has 0 spiro atoms. The van der Waals surface area contributed by atoms with Crippen LogP contribution >= 0.6 is 0 Å². The predicted molar refractivity (Wildman–Crippen MR) is 88.3 cm³/mol. The second kappa shape index (κ2) is 7.32. The van der Waals surface area contributed by atoms with Gasteiger partial charge in [0.15, 0.2) is 0 Å². The Morgan fingerprint density at radius 2 is 2.00 bits per heavy atom. The van der Waals surface area contributed by atoms with Gasteiger partial charge in [-0.25, -0.2) is 4.79 Å². The van der Waals surface area contributed by atoms with Crippen molar-refractivity contribution in [2.75, 3.05) is 20.4 Å². The van der Waals surface area contributed by atoms with Crippen molar-refractivity contribution in [2.45, 2.75) is 51.9 Å². The molecule has 0 saturated heterocycles. The van der Waals surface area contributed by atoms with Crippen molar-refractivity contribution >= 4 is 6.09 Å². The van der Waals surface area contributed by atoms with Gasteiger partial charge < -0.3 is 14.2 Å². The summed E-state index contributed by atoms with van der Waals surface area (Å²) in [6.45, 7) is 8.35. The van der Waals surface area contributed by atoms with Crippen LogP contribution in [0.1, 0.15) is 44.9 Å². The first-order valence-corrected chi connectivity index (χ1v) is 8.05. The fourth-order valence-electron chi connectivity index (χ4n) is 2.97. The van der Waals surface area contributed by atoms with Crippen molar-refractivity contribution in [3.63, 3.8) is 0 Å². The molecule has 1 aromatic rings. The number of likely N-dealkylation sites (N-methyl/N-ethyl adjacent to an activating group) is 1. The van der Waals surface area contributed by atoms with Gasteiger partial charge >= 0.3 is 6.09 Å². The molecule has 0 heterocycles. The molecule has 1 amide bonds. The molecule has 1 aromatic carbocycles. The maximum atomic E-state index is 12.6. The summed E-state index contributed by atoms with van der Waals surface area (Å²) < 4.78 is 16.5. The van der Waals surface area contributed by atoms with Crippen LogP contribution in [0.5, 0.6) is 0 Å². The van der Waals surface area contributed by atoms with Gasteiger partial charge in [-0.15, -0.1) is 0 Å². The Balaban J connectivity index is 2.28. The Kier molecular flexibility index (Phi) is 5.65. The Morgan fingerprint density at radius 3 is 2.61 bits per heavy atom. The van der Waals surface area contributed by atoms with Gasteiger partial charge in [0.1, 0.15) is 12.4 Å². The molecule has 0 N–H and O–H groups in total. The molecular weight excluding hydrogens is 294 g/mol. The Hall–Kier alpha value is -1.59. The zero-order chi connectivity index (χ0) is 17.0. The number of amides is 1. The Morgan fingerprint density at radius 1 is 1.30 bits per heavy atom. The lowest BCUT2D eigenvalue weighted by atomic mass is 10.1. The van der Waals surface area contributed by atoms with Crippen LogP contribution in [0, 0.1) is 0 Å². The third kappa shape index (κ3) is 4.24. The SMILES string of the molecule is CCN(C(=O)OC(C)(C)C)[C@@H]1c2ccccc2C[C@H]1OCOC. The minimum Gasteiger partial charge on any atom is -0.444 e. The van der Waals surface area contributed by atoms with E-state index in [0.717, 1.165) is 12.0 Å². The fraction of sp³-hybridized carbons (Fsp3) is 0.611. The number of carbonyl (C=O) groups is 1. The van der Waals surface area contributed by atoms with E-state index in [1.165, 1.54) is 5.56 Å². The van der Waals surface area contributed by atoms with Crippen LogP contribution in [-0.2, 0) is 20.6 Å². The summed E-state index contributed by atoms with van der Waals surface area (Å²) in [5.41, 5.74) is 1.81. The Bertz CT molecular complexity index is 538.